The lowest BCUT2D eigenvalue weighted by molar-refractivity contribution is -0.0551. The number of hydrogen-bond donors (Lipinski definition) is 7. The van der Waals surface area contributed by atoms with E-state index in [1.807, 2.05) is 4.98 Å². The van der Waals surface area contributed by atoms with Crippen LogP contribution in [-0.2, 0) is 49.7 Å². The summed E-state index contributed by atoms with van der Waals surface area (Å²) in [5, 5.41) is 13.2. The summed E-state index contributed by atoms with van der Waals surface area (Å²) in [6.45, 7) is -0.121. The van der Waals surface area contributed by atoms with E-state index in [4.69, 9.17) is 9.47 Å². The minimum atomic E-state index is -6.08. The van der Waals surface area contributed by atoms with E-state index in [0.29, 0.717) is 4.57 Å². The van der Waals surface area contributed by atoms with Gasteiger partial charge in [-0.2, -0.15) is 12.9 Å². The van der Waals surface area contributed by atoms with Gasteiger partial charge in [-0.25, -0.2) is 27.8 Å². The van der Waals surface area contributed by atoms with Gasteiger partial charge in [0.05, 0.1) is 13.2 Å². The Balaban J connectivity index is 1.71. The Hall–Kier alpha value is -2.35. The van der Waals surface area contributed by atoms with E-state index in [9.17, 15) is 57.3 Å². The monoisotopic (exact) mass is 725 g/mol. The number of phosphoric acid groups is 4. The lowest BCUT2D eigenvalue weighted by atomic mass is 10.1. The van der Waals surface area contributed by atoms with Gasteiger partial charge in [-0.1, -0.05) is 25.1 Å². The van der Waals surface area contributed by atoms with Gasteiger partial charge in [-0.3, -0.25) is 28.7 Å². The zero-order valence-electron chi connectivity index (χ0n) is 22.7. The highest BCUT2D eigenvalue weighted by Gasteiger charge is 2.50. The van der Waals surface area contributed by atoms with Crippen molar-refractivity contribution in [2.45, 2.75) is 37.9 Å². The number of nitrogens with zero attached hydrogens (tertiary/aromatic N) is 1. The van der Waals surface area contributed by atoms with Crippen molar-refractivity contribution in [3.63, 3.8) is 0 Å². The fraction of sp³-hybridized carbons (Fsp3) is 0.421. The van der Waals surface area contributed by atoms with E-state index in [1.165, 1.54) is 19.1 Å². The van der Waals surface area contributed by atoms with Crippen LogP contribution in [0.25, 0.3) is 0 Å². The molecular formula is C19H27N3O19P4. The highest BCUT2D eigenvalue weighted by Crippen LogP contribution is 2.71. The molecule has 1 aromatic heterocycles. The third-order valence-electron chi connectivity index (χ3n) is 5.18. The first-order valence-corrected chi connectivity index (χ1v) is 18.2. The van der Waals surface area contributed by atoms with Gasteiger partial charge in [0.2, 0.25) is 0 Å². The fourth-order valence-corrected chi connectivity index (χ4v) is 8.50. The molecule has 2 heterocycles. The maximum atomic E-state index is 12.5. The summed E-state index contributed by atoms with van der Waals surface area (Å²) >= 11 is 0. The molecule has 1 aliphatic rings. The number of H-pyrrole nitrogens is 1. The molecule has 1 saturated heterocycles. The van der Waals surface area contributed by atoms with Gasteiger partial charge >= 0.3 is 43.1 Å². The van der Waals surface area contributed by atoms with Crippen molar-refractivity contribution < 1.29 is 79.2 Å². The van der Waals surface area contributed by atoms with Crippen LogP contribution in [-0.4, -0.2) is 71.9 Å². The topological polar surface area (TPSA) is 318 Å². The summed E-state index contributed by atoms with van der Waals surface area (Å²) in [4.78, 5) is 76.8. The predicted molar refractivity (Wildman–Crippen MR) is 146 cm³/mol. The first-order chi connectivity index (χ1) is 20.8. The van der Waals surface area contributed by atoms with E-state index in [0.717, 1.165) is 12.3 Å². The number of carbonyl (C=O) groups excluding carboxylic acids is 1. The standard InChI is InChI=1S/C19H27N3O19P4/c1-2-10-35-42(27,28)39-44(31,32)41-45(33,34)40-43(29,30)36-11-13-15(24)16(38-19(26)20-12-6-4-3-5-7-12)17(37-13)22-9-8-14(23)21-18(22)25/h3-9,13,15-17,24H,2,10-11H2,1H3,(H,20,26)(H,27,28)(H,29,30)(H,31,32)(H,33,34)(H,21,23,25). The second-order valence-electron chi connectivity index (χ2n) is 8.68. The van der Waals surface area contributed by atoms with Crippen molar-refractivity contribution in [3.8, 4) is 0 Å². The molecule has 8 atom stereocenters. The van der Waals surface area contributed by atoms with Gasteiger partial charge in [-0.15, -0.1) is 0 Å². The third kappa shape index (κ3) is 11.4. The summed E-state index contributed by atoms with van der Waals surface area (Å²) < 4.78 is 79.5. The van der Waals surface area contributed by atoms with Gasteiger partial charge < -0.3 is 34.2 Å². The number of anilines is 1. The minimum absolute atomic E-state index is 0.159. The van der Waals surface area contributed by atoms with Gasteiger partial charge in [0, 0.05) is 18.0 Å². The molecule has 0 spiro atoms. The summed E-state index contributed by atoms with van der Waals surface area (Å²) in [6.07, 6.45) is -7.13. The van der Waals surface area contributed by atoms with Crippen molar-refractivity contribution in [2.75, 3.05) is 18.5 Å². The van der Waals surface area contributed by atoms with E-state index < -0.39 is 86.4 Å². The molecule has 1 fully saturated rings. The molecular weight excluding hydrogens is 698 g/mol. The van der Waals surface area contributed by atoms with E-state index in [1.54, 1.807) is 18.2 Å². The highest BCUT2D eigenvalue weighted by atomic mass is 31.3. The van der Waals surface area contributed by atoms with Gasteiger partial charge in [-0.05, 0) is 18.6 Å². The molecule has 0 radical (unpaired) electrons. The van der Waals surface area contributed by atoms with Crippen molar-refractivity contribution in [1.82, 2.24) is 9.55 Å². The number of ether oxygens (including phenoxy) is 2. The molecule has 2 aromatic rings. The zero-order chi connectivity index (χ0) is 33.6. The van der Waals surface area contributed by atoms with Gasteiger partial charge in [0.15, 0.2) is 12.3 Å². The van der Waals surface area contributed by atoms with Crippen molar-refractivity contribution in [1.29, 1.82) is 0 Å². The summed E-state index contributed by atoms with van der Waals surface area (Å²) in [5.41, 5.74) is -1.61. The number of phosphoric ester groups is 2. The Bertz CT molecular complexity index is 1650. The average molecular weight is 725 g/mol. The number of aliphatic hydroxyl groups excluding tert-OH is 1. The van der Waals surface area contributed by atoms with Crippen LogP contribution in [0.5, 0.6) is 0 Å². The lowest BCUT2D eigenvalue weighted by Crippen LogP contribution is -2.41. The quantitative estimate of drug-likeness (QED) is 0.127. The molecule has 45 heavy (non-hydrogen) atoms. The van der Waals surface area contributed by atoms with Gasteiger partial charge in [0.1, 0.15) is 12.2 Å². The SMILES string of the molecule is CCCOP(=O)(O)OP(=O)(O)OP(=O)(O)OP(=O)(O)OCC1OC(n2ccc(=O)[nH]c2=O)C(OC(=O)Nc2ccccc2)C1O. The number of aromatic amines is 1. The molecule has 252 valence electrons. The van der Waals surface area contributed by atoms with E-state index in [-0.39, 0.29) is 12.1 Å². The zero-order valence-corrected chi connectivity index (χ0v) is 26.2. The Morgan fingerprint density at radius 2 is 1.51 bits per heavy atom. The molecule has 0 aliphatic carbocycles. The largest absolute Gasteiger partial charge is 0.490 e. The molecule has 7 N–H and O–H groups in total. The van der Waals surface area contributed by atoms with Crippen LogP contribution in [0.4, 0.5) is 10.5 Å². The van der Waals surface area contributed by atoms with Crippen molar-refractivity contribution >= 4 is 43.1 Å². The van der Waals surface area contributed by atoms with Crippen LogP contribution < -0.4 is 16.6 Å². The maximum absolute atomic E-state index is 12.5. The Morgan fingerprint density at radius 3 is 2.09 bits per heavy atom. The van der Waals surface area contributed by atoms with Crippen LogP contribution in [0.1, 0.15) is 19.6 Å². The number of aliphatic hydroxyl groups is 1. The highest BCUT2D eigenvalue weighted by molar-refractivity contribution is 7.69. The summed E-state index contributed by atoms with van der Waals surface area (Å²) in [5.74, 6) is 0. The number of carbonyl (C=O) groups is 1. The van der Waals surface area contributed by atoms with Crippen molar-refractivity contribution in [2.24, 2.45) is 0 Å². The predicted octanol–water partition coefficient (Wildman–Crippen LogP) is 1.31. The normalized spacial score (nSPS) is 25.3. The molecule has 0 bridgehead atoms. The molecule has 3 rings (SSSR count). The number of rotatable bonds is 15. The van der Waals surface area contributed by atoms with E-state index in [2.05, 4.69) is 27.3 Å². The third-order valence-corrected chi connectivity index (χ3v) is 11.1. The first-order valence-electron chi connectivity index (χ1n) is 12.2. The second kappa shape index (κ2) is 15.0. The Morgan fingerprint density at radius 1 is 0.933 bits per heavy atom. The van der Waals surface area contributed by atoms with Crippen LogP contribution in [0.15, 0.2) is 52.2 Å². The first kappa shape index (κ1) is 37.1. The number of benzene rings is 1. The number of aromatic nitrogens is 2. The molecule has 26 heteroatoms. The molecule has 1 amide bonds. The van der Waals surface area contributed by atoms with Crippen LogP contribution in [0, 0.1) is 0 Å². The molecule has 1 aromatic carbocycles. The second-order valence-corrected chi connectivity index (χ2v) is 14.9. The van der Waals surface area contributed by atoms with Crippen molar-refractivity contribution in [3.05, 3.63) is 63.4 Å². The fourth-order valence-electron chi connectivity index (χ4n) is 3.47. The van der Waals surface area contributed by atoms with Crippen LogP contribution >= 0.6 is 31.3 Å². The maximum Gasteiger partial charge on any atom is 0.490 e. The summed E-state index contributed by atoms with van der Waals surface area (Å²) in [6, 6.07) is 8.72. The number of amides is 1. The van der Waals surface area contributed by atoms with Crippen LogP contribution in [0.2, 0.25) is 0 Å². The Labute approximate surface area is 251 Å². The molecule has 8 unspecified atom stereocenters. The summed E-state index contributed by atoms with van der Waals surface area (Å²) in [7, 11) is -23.1. The lowest BCUT2D eigenvalue weighted by Gasteiger charge is -2.22. The Kier molecular flexibility index (Phi) is 12.4. The van der Waals surface area contributed by atoms with E-state index >= 15 is 0 Å². The number of nitrogens with one attached hydrogen (secondary N) is 2. The smallest absolute Gasteiger partial charge is 0.438 e. The average Bonchev–Trinajstić information content (AvgIpc) is 3.19. The molecule has 0 saturated carbocycles. The number of para-hydroxylation sites is 1. The van der Waals surface area contributed by atoms with Crippen LogP contribution in [0.3, 0.4) is 0 Å². The minimum Gasteiger partial charge on any atom is -0.438 e. The number of hydrogen-bond acceptors (Lipinski definition) is 15. The molecule has 1 aliphatic heterocycles. The molecule has 22 nitrogen and oxygen atoms in total. The van der Waals surface area contributed by atoms with Gasteiger partial charge in [0.25, 0.3) is 5.56 Å².